The van der Waals surface area contributed by atoms with Gasteiger partial charge in [-0.05, 0) is 19.8 Å². The van der Waals surface area contributed by atoms with E-state index in [1.807, 2.05) is 6.07 Å². The van der Waals surface area contributed by atoms with Crippen LogP contribution in [0.3, 0.4) is 0 Å². The molecule has 0 radical (unpaired) electrons. The van der Waals surface area contributed by atoms with Gasteiger partial charge in [0.25, 0.3) is 0 Å². The summed E-state index contributed by atoms with van der Waals surface area (Å²) in [5.74, 6) is -0.959. The highest BCUT2D eigenvalue weighted by atomic mass is 16.5. The molecule has 0 spiro atoms. The quantitative estimate of drug-likeness (QED) is 0.700. The van der Waals surface area contributed by atoms with E-state index in [0.717, 1.165) is 0 Å². The molecule has 1 heterocycles. The zero-order valence-corrected chi connectivity index (χ0v) is 9.99. The Morgan fingerprint density at radius 2 is 2.06 bits per heavy atom. The molecule has 1 amide bonds. The van der Waals surface area contributed by atoms with Gasteiger partial charge in [0.15, 0.2) is 0 Å². The average molecular weight is 240 g/mol. The molecule has 1 fully saturated rings. The van der Waals surface area contributed by atoms with Crippen LogP contribution in [-0.4, -0.2) is 38.2 Å². The van der Waals surface area contributed by atoms with E-state index in [4.69, 9.17) is 10.00 Å². The van der Waals surface area contributed by atoms with E-state index in [0.29, 0.717) is 26.1 Å². The van der Waals surface area contributed by atoms with Crippen LogP contribution in [0.15, 0.2) is 0 Å². The van der Waals surface area contributed by atoms with Crippen molar-refractivity contribution in [1.82, 2.24) is 5.32 Å². The Hall–Kier alpha value is -1.61. The Morgan fingerprint density at radius 1 is 1.47 bits per heavy atom. The number of nitriles is 1. The molecular weight excluding hydrogens is 224 g/mol. The molecule has 1 unspecified atom stereocenters. The van der Waals surface area contributed by atoms with Crippen molar-refractivity contribution in [1.29, 1.82) is 5.26 Å². The second-order valence-electron chi connectivity index (χ2n) is 4.02. The van der Waals surface area contributed by atoms with E-state index in [-0.39, 0.29) is 0 Å². The number of hydrogen-bond acceptors (Lipinski definition) is 5. The Balaban J connectivity index is 2.67. The normalized spacial score (nSPS) is 19.8. The Morgan fingerprint density at radius 3 is 2.53 bits per heavy atom. The number of hydrogen-bond donors (Lipinski definition) is 1. The molecular formula is C11H16N2O4. The molecule has 17 heavy (non-hydrogen) atoms. The number of carbonyl (C=O) groups is 2. The summed E-state index contributed by atoms with van der Waals surface area (Å²) >= 11 is 0. The number of nitrogens with zero attached hydrogens (tertiary/aromatic N) is 1. The fraction of sp³-hybridized carbons (Fsp3) is 0.727. The predicted molar refractivity (Wildman–Crippen MR) is 57.7 cm³/mol. The van der Waals surface area contributed by atoms with E-state index in [2.05, 4.69) is 10.1 Å². The molecule has 1 aliphatic heterocycles. The number of ether oxygens (including phenoxy) is 2. The highest BCUT2D eigenvalue weighted by molar-refractivity contribution is 5.89. The van der Waals surface area contributed by atoms with Gasteiger partial charge >= 0.3 is 5.97 Å². The molecule has 1 aliphatic rings. The second kappa shape index (κ2) is 5.64. The first-order valence-electron chi connectivity index (χ1n) is 5.43. The zero-order chi connectivity index (χ0) is 12.9. The van der Waals surface area contributed by atoms with E-state index >= 15 is 0 Å². The minimum atomic E-state index is -1.08. The van der Waals surface area contributed by atoms with E-state index < -0.39 is 23.3 Å². The monoisotopic (exact) mass is 240 g/mol. The first kappa shape index (κ1) is 13.5. The van der Waals surface area contributed by atoms with Gasteiger partial charge in [0, 0.05) is 13.2 Å². The number of amides is 1. The third kappa shape index (κ3) is 2.94. The maximum absolute atomic E-state index is 12.0. The number of carbonyl (C=O) groups excluding carboxylic acids is 2. The summed E-state index contributed by atoms with van der Waals surface area (Å²) in [7, 11) is 1.25. The molecule has 1 atom stereocenters. The van der Waals surface area contributed by atoms with Gasteiger partial charge in [-0.25, -0.2) is 4.79 Å². The predicted octanol–water partition coefficient (Wildman–Crippen LogP) is -0.0155. The van der Waals surface area contributed by atoms with Crippen molar-refractivity contribution in [3.63, 3.8) is 0 Å². The fourth-order valence-corrected chi connectivity index (χ4v) is 1.68. The SMILES string of the molecule is COC(=O)C(C)NC(=O)C1(C#N)CCOCC1. The minimum Gasteiger partial charge on any atom is -0.467 e. The summed E-state index contributed by atoms with van der Waals surface area (Å²) < 4.78 is 9.63. The molecule has 6 nitrogen and oxygen atoms in total. The van der Waals surface area contributed by atoms with Crippen LogP contribution in [0.1, 0.15) is 19.8 Å². The Kier molecular flexibility index (Phi) is 4.46. The van der Waals surface area contributed by atoms with E-state index in [9.17, 15) is 9.59 Å². The van der Waals surface area contributed by atoms with Crippen LogP contribution >= 0.6 is 0 Å². The first-order valence-corrected chi connectivity index (χ1v) is 5.43. The zero-order valence-electron chi connectivity index (χ0n) is 9.99. The third-order valence-electron chi connectivity index (χ3n) is 2.90. The van der Waals surface area contributed by atoms with Gasteiger partial charge in [0.2, 0.25) is 5.91 Å². The van der Waals surface area contributed by atoms with Gasteiger partial charge in [0.1, 0.15) is 11.5 Å². The molecule has 0 aliphatic carbocycles. The lowest BCUT2D eigenvalue weighted by Gasteiger charge is -2.30. The lowest BCUT2D eigenvalue weighted by atomic mass is 9.80. The fourth-order valence-electron chi connectivity index (χ4n) is 1.68. The molecule has 0 bridgehead atoms. The van der Waals surface area contributed by atoms with Gasteiger partial charge in [-0.15, -0.1) is 0 Å². The van der Waals surface area contributed by atoms with Crippen LogP contribution in [0.25, 0.3) is 0 Å². The third-order valence-corrected chi connectivity index (χ3v) is 2.90. The molecule has 0 aromatic rings. The van der Waals surface area contributed by atoms with Crippen LogP contribution in [0.5, 0.6) is 0 Å². The molecule has 94 valence electrons. The lowest BCUT2D eigenvalue weighted by Crippen LogP contribution is -2.49. The van der Waals surface area contributed by atoms with Gasteiger partial charge < -0.3 is 14.8 Å². The average Bonchev–Trinajstić information content (AvgIpc) is 2.38. The van der Waals surface area contributed by atoms with Crippen molar-refractivity contribution >= 4 is 11.9 Å². The molecule has 0 aromatic heterocycles. The van der Waals surface area contributed by atoms with Crippen LogP contribution in [-0.2, 0) is 19.1 Å². The Labute approximate surface area is 99.9 Å². The number of rotatable bonds is 3. The summed E-state index contributed by atoms with van der Waals surface area (Å²) in [6.07, 6.45) is 0.701. The molecule has 0 saturated carbocycles. The number of esters is 1. The molecule has 1 saturated heterocycles. The maximum Gasteiger partial charge on any atom is 0.328 e. The van der Waals surface area contributed by atoms with Gasteiger partial charge in [-0.1, -0.05) is 0 Å². The van der Waals surface area contributed by atoms with Crippen LogP contribution in [0.4, 0.5) is 0 Å². The van der Waals surface area contributed by atoms with Crippen molar-refractivity contribution < 1.29 is 19.1 Å². The van der Waals surface area contributed by atoms with Crippen molar-refractivity contribution in [3.05, 3.63) is 0 Å². The molecule has 1 N–H and O–H groups in total. The van der Waals surface area contributed by atoms with Crippen molar-refractivity contribution in [2.45, 2.75) is 25.8 Å². The molecule has 6 heteroatoms. The number of methoxy groups -OCH3 is 1. The highest BCUT2D eigenvalue weighted by Gasteiger charge is 2.41. The summed E-state index contributed by atoms with van der Waals surface area (Å²) in [6, 6.07) is 1.29. The second-order valence-corrected chi connectivity index (χ2v) is 4.02. The number of nitrogens with one attached hydrogen (secondary N) is 1. The molecule has 0 aromatic carbocycles. The standard InChI is InChI=1S/C11H16N2O4/c1-8(9(14)16-2)13-10(15)11(7-12)3-5-17-6-4-11/h8H,3-6H2,1-2H3,(H,13,15). The Bertz CT molecular complexity index is 342. The van der Waals surface area contributed by atoms with Crippen molar-refractivity contribution in [2.24, 2.45) is 5.41 Å². The highest BCUT2D eigenvalue weighted by Crippen LogP contribution is 2.29. The van der Waals surface area contributed by atoms with Crippen LogP contribution < -0.4 is 5.32 Å². The van der Waals surface area contributed by atoms with Crippen LogP contribution in [0, 0.1) is 16.7 Å². The van der Waals surface area contributed by atoms with Gasteiger partial charge in [0.05, 0.1) is 13.2 Å². The smallest absolute Gasteiger partial charge is 0.328 e. The summed E-state index contributed by atoms with van der Waals surface area (Å²) in [5, 5.41) is 11.6. The lowest BCUT2D eigenvalue weighted by molar-refractivity contribution is -0.146. The van der Waals surface area contributed by atoms with E-state index in [1.165, 1.54) is 14.0 Å². The van der Waals surface area contributed by atoms with Crippen LogP contribution in [0.2, 0.25) is 0 Å². The van der Waals surface area contributed by atoms with Gasteiger partial charge in [-0.3, -0.25) is 4.79 Å². The minimum absolute atomic E-state index is 0.350. The topological polar surface area (TPSA) is 88.4 Å². The van der Waals surface area contributed by atoms with E-state index in [1.54, 1.807) is 0 Å². The first-order chi connectivity index (χ1) is 8.05. The maximum atomic E-state index is 12.0. The van der Waals surface area contributed by atoms with Crippen molar-refractivity contribution in [2.75, 3.05) is 20.3 Å². The summed E-state index contributed by atoms with van der Waals surface area (Å²) in [6.45, 7) is 2.29. The molecule has 1 rings (SSSR count). The van der Waals surface area contributed by atoms with Crippen molar-refractivity contribution in [3.8, 4) is 6.07 Å². The van der Waals surface area contributed by atoms with Gasteiger partial charge in [-0.2, -0.15) is 5.26 Å². The summed E-state index contributed by atoms with van der Waals surface area (Å²) in [4.78, 5) is 23.2. The summed E-state index contributed by atoms with van der Waals surface area (Å²) in [5.41, 5.74) is -1.08. The largest absolute Gasteiger partial charge is 0.467 e.